The van der Waals surface area contributed by atoms with Gasteiger partial charge in [-0.05, 0) is 31.5 Å². The van der Waals surface area contributed by atoms with Crippen LogP contribution in [0.25, 0.3) is 0 Å². The minimum atomic E-state index is -1.25. The van der Waals surface area contributed by atoms with Crippen molar-refractivity contribution in [3.63, 3.8) is 0 Å². The molecule has 2 aliphatic rings. The Labute approximate surface area is 145 Å². The second-order valence-electron chi connectivity index (χ2n) is 7.57. The third-order valence-corrected chi connectivity index (χ3v) is 5.84. The van der Waals surface area contributed by atoms with Crippen molar-refractivity contribution in [2.45, 2.75) is 31.5 Å². The van der Waals surface area contributed by atoms with Gasteiger partial charge >= 0.3 is 0 Å². The lowest BCUT2D eigenvalue weighted by Gasteiger charge is -2.32. The zero-order chi connectivity index (χ0) is 18.2. The van der Waals surface area contributed by atoms with Crippen LogP contribution in [0, 0.1) is 5.92 Å². The summed E-state index contributed by atoms with van der Waals surface area (Å²) < 4.78 is 6.02. The fourth-order valence-corrected chi connectivity index (χ4v) is 4.98. The van der Waals surface area contributed by atoms with E-state index in [4.69, 9.17) is 4.74 Å². The molecule has 2 rings (SSSR count). The smallest absolute Gasteiger partial charge is 0.164 e. The number of hydrogen-bond donors (Lipinski definition) is 2. The Balaban J connectivity index is 2.12. The summed E-state index contributed by atoms with van der Waals surface area (Å²) in [5.74, 6) is 1.37. The summed E-state index contributed by atoms with van der Waals surface area (Å²) in [6.07, 6.45) is 5.69. The summed E-state index contributed by atoms with van der Waals surface area (Å²) in [4.78, 5) is 7.96. The van der Waals surface area contributed by atoms with E-state index in [0.29, 0.717) is 5.82 Å². The summed E-state index contributed by atoms with van der Waals surface area (Å²) in [6.45, 7) is 9.05. The van der Waals surface area contributed by atoms with Crippen molar-refractivity contribution in [2.24, 2.45) is 10.9 Å². The molecule has 7 heteroatoms. The number of aliphatic hydroxyl groups is 2. The Morgan fingerprint density at radius 3 is 2.50 bits per heavy atom. The fraction of sp³-hybridized carbons (Fsp3) is 0.647. The predicted molar refractivity (Wildman–Crippen MR) is 102 cm³/mol. The maximum atomic E-state index is 10.5. The number of ether oxygens (including phenoxy) is 1. The van der Waals surface area contributed by atoms with Crippen LogP contribution in [-0.2, 0) is 4.74 Å². The largest absolute Gasteiger partial charge is 0.388 e. The Hall–Kier alpha value is -1.07. The Bertz CT molecular complexity index is 596. The normalized spacial score (nSPS) is 32.0. The van der Waals surface area contributed by atoms with Gasteiger partial charge in [-0.2, -0.15) is 0 Å². The van der Waals surface area contributed by atoms with E-state index in [2.05, 4.69) is 31.2 Å². The second kappa shape index (κ2) is 7.04. The van der Waals surface area contributed by atoms with Crippen molar-refractivity contribution >= 4 is 19.0 Å². The molecule has 1 unspecified atom stereocenters. The number of amidine groups is 1. The van der Waals surface area contributed by atoms with Crippen LogP contribution in [-0.4, -0.2) is 90.3 Å². The second-order valence-corrected chi connectivity index (χ2v) is 11.8. The molecule has 0 aromatic rings. The van der Waals surface area contributed by atoms with Crippen LogP contribution < -0.4 is 0 Å². The summed E-state index contributed by atoms with van der Waals surface area (Å²) in [5.41, 5.74) is 0. The molecule has 0 spiro atoms. The number of nitrogens with zero attached hydrogens (tertiary/aromatic N) is 3. The summed E-state index contributed by atoms with van der Waals surface area (Å²) in [6, 6.07) is 0. The third-order valence-electron chi connectivity index (χ3n) is 4.28. The van der Waals surface area contributed by atoms with E-state index >= 15 is 0 Å². The minimum Gasteiger partial charge on any atom is -0.388 e. The van der Waals surface area contributed by atoms with Gasteiger partial charge in [-0.15, -0.1) is 13.2 Å². The maximum absolute atomic E-state index is 10.5. The molecule has 1 saturated heterocycles. The van der Waals surface area contributed by atoms with Crippen molar-refractivity contribution in [1.29, 1.82) is 0 Å². The highest BCUT2D eigenvalue weighted by atomic mass is 31.2. The first-order valence-electron chi connectivity index (χ1n) is 8.11. The van der Waals surface area contributed by atoms with E-state index in [0.717, 1.165) is 12.0 Å². The lowest BCUT2D eigenvalue weighted by atomic mass is 10.00. The molecule has 24 heavy (non-hydrogen) atoms. The molecular weight excluding hydrogens is 325 g/mol. The minimum absolute atomic E-state index is 0.114. The van der Waals surface area contributed by atoms with Crippen LogP contribution in [0.15, 0.2) is 29.7 Å². The highest BCUT2D eigenvalue weighted by Crippen LogP contribution is 2.41. The number of aliphatic imine (C=N–C) groups is 1. The topological polar surface area (TPSA) is 68.5 Å². The number of aliphatic hydroxyl groups excluding tert-OH is 2. The van der Waals surface area contributed by atoms with Gasteiger partial charge in [-0.3, -0.25) is 0 Å². The molecule has 2 N–H and O–H groups in total. The van der Waals surface area contributed by atoms with Crippen LogP contribution in [0.1, 0.15) is 6.92 Å². The van der Waals surface area contributed by atoms with Crippen LogP contribution in [0.3, 0.4) is 0 Å². The van der Waals surface area contributed by atoms with Crippen LogP contribution in [0.2, 0.25) is 0 Å². The van der Waals surface area contributed by atoms with Gasteiger partial charge in [0.2, 0.25) is 0 Å². The zero-order valence-electron chi connectivity index (χ0n) is 15.3. The van der Waals surface area contributed by atoms with Crippen molar-refractivity contribution in [3.8, 4) is 0 Å². The van der Waals surface area contributed by atoms with Crippen molar-refractivity contribution < 1.29 is 14.9 Å². The highest BCUT2D eigenvalue weighted by molar-refractivity contribution is 7.72. The lowest BCUT2D eigenvalue weighted by molar-refractivity contribution is -0.0680. The molecular formula is C17H30N3O3P. The molecule has 0 bridgehead atoms. The number of likely N-dealkylation sites (N-methyl/N-ethyl adjacent to an activating group) is 1. The summed E-state index contributed by atoms with van der Waals surface area (Å²) >= 11 is 0. The van der Waals surface area contributed by atoms with Crippen LogP contribution in [0.5, 0.6) is 0 Å². The Morgan fingerprint density at radius 1 is 1.38 bits per heavy atom. The van der Waals surface area contributed by atoms with Crippen molar-refractivity contribution in [1.82, 2.24) is 9.80 Å². The van der Waals surface area contributed by atoms with E-state index in [-0.39, 0.29) is 5.92 Å². The summed E-state index contributed by atoms with van der Waals surface area (Å²) in [5, 5.41) is 20.9. The standard InChI is InChI=1S/C17H30N3O3P/c1-11(10-24(5,6)7)16-14(21)15(22)17(23-16)20-9-8-13(19(3)4)18-12(20)2/h8-9,11,14-17,21-22H,2,5,10H2,1,3-4,6-7H3/t11?,14-,15+,16+,17+/m0/s1. The Morgan fingerprint density at radius 2 is 2.00 bits per heavy atom. The van der Waals surface area contributed by atoms with Gasteiger partial charge in [0.1, 0.15) is 23.9 Å². The predicted octanol–water partition coefficient (Wildman–Crippen LogP) is 1.04. The average molecular weight is 355 g/mol. The first kappa shape index (κ1) is 19.3. The third kappa shape index (κ3) is 4.12. The van der Waals surface area contributed by atoms with E-state index < -0.39 is 31.4 Å². The van der Waals surface area contributed by atoms with Crippen molar-refractivity contribution in [2.75, 3.05) is 33.6 Å². The average Bonchev–Trinajstić information content (AvgIpc) is 2.73. The van der Waals surface area contributed by atoms with Gasteiger partial charge in [0.15, 0.2) is 6.23 Å². The van der Waals surface area contributed by atoms with Gasteiger partial charge in [-0.25, -0.2) is 4.99 Å². The molecule has 6 nitrogen and oxygen atoms in total. The van der Waals surface area contributed by atoms with Crippen molar-refractivity contribution in [3.05, 3.63) is 24.7 Å². The lowest BCUT2D eigenvalue weighted by Crippen LogP contribution is -2.42. The quantitative estimate of drug-likeness (QED) is 0.738. The number of rotatable bonds is 4. The van der Waals surface area contributed by atoms with E-state index in [9.17, 15) is 10.2 Å². The molecule has 0 aromatic heterocycles. The first-order valence-corrected chi connectivity index (χ1v) is 11.2. The molecule has 136 valence electrons. The molecule has 0 aliphatic carbocycles. The van der Waals surface area contributed by atoms with Gasteiger partial charge in [-0.1, -0.05) is 13.5 Å². The summed E-state index contributed by atoms with van der Waals surface area (Å²) in [7, 11) is 3.80. The molecule has 2 heterocycles. The SMILES string of the molecule is C=C1N=C(N(C)C)C=CN1[C@@H]1O[C@H](C(C)CP(=C)(C)C)[C@@H](O)[C@H]1O. The van der Waals surface area contributed by atoms with Gasteiger partial charge in [0.05, 0.1) is 6.10 Å². The molecule has 5 atom stereocenters. The first-order chi connectivity index (χ1) is 11.0. The Kier molecular flexibility index (Phi) is 5.65. The van der Waals surface area contributed by atoms with E-state index in [1.807, 2.05) is 32.0 Å². The molecule has 0 radical (unpaired) electrons. The highest BCUT2D eigenvalue weighted by Gasteiger charge is 2.47. The van der Waals surface area contributed by atoms with Gasteiger partial charge < -0.3 is 24.7 Å². The monoisotopic (exact) mass is 355 g/mol. The molecule has 1 fully saturated rings. The molecule has 2 aliphatic heterocycles. The van der Waals surface area contributed by atoms with Crippen LogP contribution >= 0.6 is 6.89 Å². The van der Waals surface area contributed by atoms with E-state index in [1.54, 1.807) is 11.1 Å². The molecule has 0 saturated carbocycles. The van der Waals surface area contributed by atoms with Crippen LogP contribution in [0.4, 0.5) is 0 Å². The van der Waals surface area contributed by atoms with Gasteiger partial charge in [0, 0.05) is 20.3 Å². The molecule has 0 amide bonds. The van der Waals surface area contributed by atoms with Gasteiger partial charge in [0.25, 0.3) is 0 Å². The number of hydrogen-bond acceptors (Lipinski definition) is 6. The van der Waals surface area contributed by atoms with E-state index in [1.165, 1.54) is 0 Å². The zero-order valence-corrected chi connectivity index (χ0v) is 16.1. The maximum Gasteiger partial charge on any atom is 0.164 e. The molecule has 0 aromatic carbocycles. The fourth-order valence-electron chi connectivity index (χ4n) is 3.21.